The number of aldehydes is 1. The maximum Gasteiger partial charge on any atom is 0.178 e. The quantitative estimate of drug-likeness (QED) is 0.750. The lowest BCUT2D eigenvalue weighted by Crippen LogP contribution is -2.09. The average Bonchev–Trinajstić information content (AvgIpc) is 3.10. The molecule has 1 aromatic rings. The highest BCUT2D eigenvalue weighted by atomic mass is 32.2. The van der Waals surface area contributed by atoms with Gasteiger partial charge >= 0.3 is 0 Å². The lowest BCUT2D eigenvalue weighted by atomic mass is 9.98. The molecule has 1 aliphatic rings. The smallest absolute Gasteiger partial charge is 0.178 e. The van der Waals surface area contributed by atoms with E-state index in [0.717, 1.165) is 24.7 Å². The number of carbonyl (C=O) groups is 1. The molecule has 0 aromatic heterocycles. The molecule has 0 atom stereocenters. The van der Waals surface area contributed by atoms with Gasteiger partial charge in [0.2, 0.25) is 0 Å². The van der Waals surface area contributed by atoms with Gasteiger partial charge in [0.25, 0.3) is 0 Å². The Balaban J connectivity index is 2.34. The van der Waals surface area contributed by atoms with Crippen molar-refractivity contribution in [3.05, 3.63) is 29.8 Å². The van der Waals surface area contributed by atoms with Crippen LogP contribution in [-0.2, 0) is 20.0 Å². The van der Waals surface area contributed by atoms with Crippen LogP contribution in [0, 0.1) is 0 Å². The Bertz CT molecular complexity index is 496. The van der Waals surface area contributed by atoms with Crippen molar-refractivity contribution >= 4 is 16.1 Å². The molecular formula is C12H14O3S. The third-order valence-electron chi connectivity index (χ3n) is 3.18. The summed E-state index contributed by atoms with van der Waals surface area (Å²) in [5.74, 6) is 0.102. The minimum absolute atomic E-state index is 0.102. The van der Waals surface area contributed by atoms with Crippen LogP contribution in [0.4, 0.5) is 0 Å². The van der Waals surface area contributed by atoms with E-state index in [0.29, 0.717) is 4.90 Å². The summed E-state index contributed by atoms with van der Waals surface area (Å²) in [6, 6.07) is 6.70. The molecule has 1 aliphatic carbocycles. The summed E-state index contributed by atoms with van der Waals surface area (Å²) in [7, 11) is -3.14. The first kappa shape index (κ1) is 11.3. The zero-order valence-corrected chi connectivity index (χ0v) is 9.96. The lowest BCUT2D eigenvalue weighted by molar-refractivity contribution is -0.109. The van der Waals surface area contributed by atoms with Crippen LogP contribution in [-0.4, -0.2) is 20.5 Å². The molecule has 86 valence electrons. The van der Waals surface area contributed by atoms with Crippen molar-refractivity contribution in [1.29, 1.82) is 0 Å². The van der Waals surface area contributed by atoms with Gasteiger partial charge in [0, 0.05) is 0 Å². The van der Waals surface area contributed by atoms with Gasteiger partial charge in [-0.3, -0.25) is 0 Å². The SMILES string of the molecule is CCS(=O)(=O)c1ccc(C2(C=O)CC2)cc1. The maximum absolute atomic E-state index is 11.6. The van der Waals surface area contributed by atoms with Crippen molar-refractivity contribution in [2.24, 2.45) is 0 Å². The first-order valence-electron chi connectivity index (χ1n) is 5.34. The maximum atomic E-state index is 11.6. The molecule has 0 bridgehead atoms. The molecule has 0 spiro atoms. The molecule has 1 saturated carbocycles. The van der Waals surface area contributed by atoms with Gasteiger partial charge < -0.3 is 4.79 Å². The standard InChI is InChI=1S/C12H14O3S/c1-2-16(14,15)11-5-3-10(4-6-11)12(9-13)7-8-12/h3-6,9H,2,7-8H2,1H3. The van der Waals surface area contributed by atoms with E-state index in [-0.39, 0.29) is 11.2 Å². The van der Waals surface area contributed by atoms with Gasteiger partial charge in [0.05, 0.1) is 16.1 Å². The van der Waals surface area contributed by atoms with Gasteiger partial charge in [-0.25, -0.2) is 8.42 Å². The van der Waals surface area contributed by atoms with Crippen LogP contribution >= 0.6 is 0 Å². The van der Waals surface area contributed by atoms with Crippen LogP contribution in [0.5, 0.6) is 0 Å². The predicted molar refractivity (Wildman–Crippen MR) is 61.1 cm³/mol. The van der Waals surface area contributed by atoms with Crippen LogP contribution in [0.2, 0.25) is 0 Å². The first-order valence-corrected chi connectivity index (χ1v) is 6.99. The number of rotatable bonds is 4. The molecular weight excluding hydrogens is 224 g/mol. The molecule has 0 aliphatic heterocycles. The monoisotopic (exact) mass is 238 g/mol. The average molecular weight is 238 g/mol. The Hall–Kier alpha value is -1.16. The number of hydrogen-bond acceptors (Lipinski definition) is 3. The zero-order chi connectivity index (χ0) is 11.8. The third-order valence-corrected chi connectivity index (χ3v) is 4.93. The summed E-state index contributed by atoms with van der Waals surface area (Å²) in [4.78, 5) is 11.2. The molecule has 0 unspecified atom stereocenters. The van der Waals surface area contributed by atoms with Crippen molar-refractivity contribution in [1.82, 2.24) is 0 Å². The highest BCUT2D eigenvalue weighted by Gasteiger charge is 2.44. The van der Waals surface area contributed by atoms with E-state index in [1.165, 1.54) is 0 Å². The minimum atomic E-state index is -3.14. The largest absolute Gasteiger partial charge is 0.302 e. The van der Waals surface area contributed by atoms with E-state index in [4.69, 9.17) is 0 Å². The third kappa shape index (κ3) is 1.78. The molecule has 1 aromatic carbocycles. The summed E-state index contributed by atoms with van der Waals surface area (Å²) < 4.78 is 23.2. The van der Waals surface area contributed by atoms with Crippen molar-refractivity contribution in [3.8, 4) is 0 Å². The second-order valence-electron chi connectivity index (χ2n) is 4.20. The van der Waals surface area contributed by atoms with Crippen molar-refractivity contribution < 1.29 is 13.2 Å². The Morgan fingerprint density at radius 3 is 2.19 bits per heavy atom. The van der Waals surface area contributed by atoms with E-state index in [9.17, 15) is 13.2 Å². The molecule has 1 fully saturated rings. The molecule has 0 radical (unpaired) electrons. The van der Waals surface area contributed by atoms with Gasteiger partial charge in [-0.15, -0.1) is 0 Å². The van der Waals surface area contributed by atoms with Crippen LogP contribution in [0.3, 0.4) is 0 Å². The number of hydrogen-bond donors (Lipinski definition) is 0. The zero-order valence-electron chi connectivity index (χ0n) is 9.14. The van der Waals surface area contributed by atoms with Crippen molar-refractivity contribution in [3.63, 3.8) is 0 Å². The van der Waals surface area contributed by atoms with E-state index in [1.54, 1.807) is 31.2 Å². The molecule has 3 nitrogen and oxygen atoms in total. The highest BCUT2D eigenvalue weighted by Crippen LogP contribution is 2.46. The van der Waals surface area contributed by atoms with Gasteiger partial charge in [-0.2, -0.15) is 0 Å². The molecule has 0 amide bonds. The predicted octanol–water partition coefficient (Wildman–Crippen LogP) is 1.71. The van der Waals surface area contributed by atoms with Gasteiger partial charge in [-0.05, 0) is 30.5 Å². The fourth-order valence-corrected chi connectivity index (χ4v) is 2.65. The topological polar surface area (TPSA) is 51.2 Å². The number of carbonyl (C=O) groups excluding carboxylic acids is 1. The van der Waals surface area contributed by atoms with Crippen LogP contribution in [0.1, 0.15) is 25.3 Å². The normalized spacial score (nSPS) is 18.1. The number of benzene rings is 1. The Morgan fingerprint density at radius 2 is 1.81 bits per heavy atom. The Kier molecular flexibility index (Phi) is 2.62. The first-order chi connectivity index (χ1) is 7.54. The molecule has 4 heteroatoms. The van der Waals surface area contributed by atoms with Gasteiger partial charge in [-0.1, -0.05) is 19.1 Å². The summed E-state index contributed by atoms with van der Waals surface area (Å²) in [5.41, 5.74) is 0.603. The molecule has 0 saturated heterocycles. The Morgan fingerprint density at radius 1 is 1.25 bits per heavy atom. The van der Waals surface area contributed by atoms with Gasteiger partial charge in [0.15, 0.2) is 9.84 Å². The highest BCUT2D eigenvalue weighted by molar-refractivity contribution is 7.91. The van der Waals surface area contributed by atoms with Crippen LogP contribution in [0.15, 0.2) is 29.2 Å². The molecule has 0 heterocycles. The summed E-state index contributed by atoms with van der Waals surface area (Å²) in [6.45, 7) is 1.62. The second kappa shape index (κ2) is 3.70. The van der Waals surface area contributed by atoms with Crippen molar-refractivity contribution in [2.45, 2.75) is 30.1 Å². The van der Waals surface area contributed by atoms with Gasteiger partial charge in [0.1, 0.15) is 6.29 Å². The fourth-order valence-electron chi connectivity index (χ4n) is 1.77. The van der Waals surface area contributed by atoms with E-state index >= 15 is 0 Å². The fraction of sp³-hybridized carbons (Fsp3) is 0.417. The molecule has 2 rings (SSSR count). The molecule has 16 heavy (non-hydrogen) atoms. The summed E-state index contributed by atoms with van der Waals surface area (Å²) in [5, 5.41) is 0. The van der Waals surface area contributed by atoms with Crippen LogP contribution < -0.4 is 0 Å². The van der Waals surface area contributed by atoms with E-state index in [2.05, 4.69) is 0 Å². The summed E-state index contributed by atoms with van der Waals surface area (Å²) >= 11 is 0. The second-order valence-corrected chi connectivity index (χ2v) is 6.48. The molecule has 0 N–H and O–H groups in total. The van der Waals surface area contributed by atoms with Crippen molar-refractivity contribution in [2.75, 3.05) is 5.75 Å². The lowest BCUT2D eigenvalue weighted by Gasteiger charge is -2.08. The van der Waals surface area contributed by atoms with E-state index in [1.807, 2.05) is 0 Å². The summed E-state index contributed by atoms with van der Waals surface area (Å²) in [6.07, 6.45) is 2.71. The minimum Gasteiger partial charge on any atom is -0.302 e. The number of sulfone groups is 1. The Labute approximate surface area is 95.4 Å². The van der Waals surface area contributed by atoms with E-state index < -0.39 is 9.84 Å². The van der Waals surface area contributed by atoms with Crippen LogP contribution in [0.25, 0.3) is 0 Å².